The fraction of sp³-hybridized carbons (Fsp3) is 0.0833. The Kier molecular flexibility index (Phi) is 3.92. The lowest BCUT2D eigenvalue weighted by Gasteiger charge is -2.05. The smallest absolute Gasteiger partial charge is 0.189 e. The summed E-state index contributed by atoms with van der Waals surface area (Å²) in [6.45, 7) is 2.33. The molecule has 0 N–H and O–H groups in total. The van der Waals surface area contributed by atoms with E-state index in [1.165, 1.54) is 10.9 Å². The van der Waals surface area contributed by atoms with Gasteiger partial charge in [0.25, 0.3) is 0 Å². The number of benzene rings is 3. The minimum Gasteiger partial charge on any atom is -0.486 e. The summed E-state index contributed by atoms with van der Waals surface area (Å²) in [4.78, 5) is 9.23. The summed E-state index contributed by atoms with van der Waals surface area (Å²) in [7, 11) is 0. The first kappa shape index (κ1) is 17.6. The lowest BCUT2D eigenvalue weighted by atomic mass is 10.1. The van der Waals surface area contributed by atoms with Gasteiger partial charge in [0.2, 0.25) is 0 Å². The molecule has 0 fully saturated rings. The van der Waals surface area contributed by atoms with Crippen molar-refractivity contribution in [3.63, 3.8) is 0 Å². The van der Waals surface area contributed by atoms with E-state index in [0.29, 0.717) is 11.5 Å². The van der Waals surface area contributed by atoms with Gasteiger partial charge in [0.15, 0.2) is 17.1 Å². The van der Waals surface area contributed by atoms with Gasteiger partial charge >= 0.3 is 0 Å². The molecule has 0 amide bonds. The zero-order valence-corrected chi connectivity index (χ0v) is 16.8. The average Bonchev–Trinajstić information content (AvgIpc) is 3.42. The summed E-state index contributed by atoms with van der Waals surface area (Å²) in [6, 6.07) is 22.4. The second kappa shape index (κ2) is 6.91. The molecule has 0 aliphatic rings. The molecule has 0 unspecified atom stereocenters. The molecule has 0 aliphatic heterocycles. The van der Waals surface area contributed by atoms with Gasteiger partial charge in [-0.3, -0.25) is 0 Å². The highest BCUT2D eigenvalue weighted by Gasteiger charge is 2.14. The van der Waals surface area contributed by atoms with Crippen LogP contribution in [-0.2, 0) is 6.61 Å². The highest BCUT2D eigenvalue weighted by atomic mass is 16.5. The zero-order chi connectivity index (χ0) is 20.8. The summed E-state index contributed by atoms with van der Waals surface area (Å²) >= 11 is 0. The van der Waals surface area contributed by atoms with Crippen molar-refractivity contribution in [1.29, 1.82) is 0 Å². The third kappa shape index (κ3) is 3.07. The van der Waals surface area contributed by atoms with Gasteiger partial charge in [-0.2, -0.15) is 5.10 Å². The highest BCUT2D eigenvalue weighted by molar-refractivity contribution is 5.89. The lowest BCUT2D eigenvalue weighted by molar-refractivity contribution is 0.296. The van der Waals surface area contributed by atoms with E-state index in [0.717, 1.165) is 27.9 Å². The minimum atomic E-state index is 0.271. The predicted molar refractivity (Wildman–Crippen MR) is 118 cm³/mol. The number of aryl methyl sites for hydroxylation is 1. The van der Waals surface area contributed by atoms with E-state index < -0.39 is 0 Å². The monoisotopic (exact) mass is 406 g/mol. The molecule has 0 saturated heterocycles. The van der Waals surface area contributed by atoms with Crippen molar-refractivity contribution in [2.45, 2.75) is 13.5 Å². The van der Waals surface area contributed by atoms with Crippen LogP contribution in [0.3, 0.4) is 0 Å². The second-order valence-corrected chi connectivity index (χ2v) is 7.47. The summed E-state index contributed by atoms with van der Waals surface area (Å²) in [5.41, 5.74) is 3.60. The zero-order valence-electron chi connectivity index (χ0n) is 16.8. The molecule has 3 aromatic heterocycles. The van der Waals surface area contributed by atoms with Crippen LogP contribution in [0.4, 0.5) is 0 Å². The summed E-state index contributed by atoms with van der Waals surface area (Å²) in [5, 5.41) is 12.2. The molecule has 6 aromatic rings. The maximum absolute atomic E-state index is 5.95. The first-order valence-electron chi connectivity index (χ1n) is 10.0. The topological polar surface area (TPSA) is 70.1 Å². The van der Waals surface area contributed by atoms with E-state index in [9.17, 15) is 0 Å². The Hall–Kier alpha value is -4.26. The first-order valence-corrected chi connectivity index (χ1v) is 10.0. The Morgan fingerprint density at radius 2 is 1.74 bits per heavy atom. The van der Waals surface area contributed by atoms with E-state index in [-0.39, 0.29) is 6.61 Å². The van der Waals surface area contributed by atoms with Crippen LogP contribution < -0.4 is 4.74 Å². The van der Waals surface area contributed by atoms with Crippen molar-refractivity contribution in [2.24, 2.45) is 0 Å². The van der Waals surface area contributed by atoms with Crippen LogP contribution in [-0.4, -0.2) is 29.4 Å². The normalized spacial score (nSPS) is 11.5. The van der Waals surface area contributed by atoms with Crippen molar-refractivity contribution < 1.29 is 4.74 Å². The Morgan fingerprint density at radius 3 is 2.61 bits per heavy atom. The number of fused-ring (bicyclic) bond motifs is 4. The molecule has 7 nitrogen and oxygen atoms in total. The molecule has 0 atom stereocenters. The third-order valence-electron chi connectivity index (χ3n) is 5.32. The number of ether oxygens (including phenoxy) is 1. The SMILES string of the molecule is Cc1ccc(-n2ncc3c2ncn2nc(COc4ccc5ccccc5c4)nc32)cc1. The molecular weight excluding hydrogens is 388 g/mol. The Morgan fingerprint density at radius 1 is 0.903 bits per heavy atom. The van der Waals surface area contributed by atoms with Crippen molar-refractivity contribution in [3.05, 3.63) is 90.6 Å². The highest BCUT2D eigenvalue weighted by Crippen LogP contribution is 2.22. The van der Waals surface area contributed by atoms with Gasteiger partial charge in [-0.1, -0.05) is 48.0 Å². The van der Waals surface area contributed by atoms with E-state index in [4.69, 9.17) is 4.74 Å². The number of rotatable bonds is 4. The molecule has 150 valence electrons. The van der Waals surface area contributed by atoms with Crippen LogP contribution in [0.5, 0.6) is 5.75 Å². The van der Waals surface area contributed by atoms with Gasteiger partial charge in [-0.25, -0.2) is 19.2 Å². The van der Waals surface area contributed by atoms with Crippen LogP contribution in [0.25, 0.3) is 33.1 Å². The summed E-state index contributed by atoms with van der Waals surface area (Å²) in [5.74, 6) is 1.37. The molecule has 31 heavy (non-hydrogen) atoms. The molecular formula is C24H18N6O. The first-order chi connectivity index (χ1) is 15.2. The molecule has 3 aromatic carbocycles. The van der Waals surface area contributed by atoms with E-state index in [1.54, 1.807) is 17.0 Å². The third-order valence-corrected chi connectivity index (χ3v) is 5.32. The molecule has 7 heteroatoms. The van der Waals surface area contributed by atoms with Gasteiger partial charge in [0.1, 0.15) is 18.7 Å². The fourth-order valence-corrected chi connectivity index (χ4v) is 3.71. The molecule has 0 saturated carbocycles. The quantitative estimate of drug-likeness (QED) is 0.431. The number of hydrogen-bond donors (Lipinski definition) is 0. The Balaban J connectivity index is 1.32. The van der Waals surface area contributed by atoms with Gasteiger partial charge in [-0.05, 0) is 42.0 Å². The summed E-state index contributed by atoms with van der Waals surface area (Å²) < 4.78 is 9.43. The number of nitrogens with zero attached hydrogens (tertiary/aromatic N) is 6. The summed E-state index contributed by atoms with van der Waals surface area (Å²) in [6.07, 6.45) is 3.44. The molecule has 3 heterocycles. The van der Waals surface area contributed by atoms with Crippen LogP contribution in [0, 0.1) is 6.92 Å². The van der Waals surface area contributed by atoms with Crippen LogP contribution in [0.2, 0.25) is 0 Å². The second-order valence-electron chi connectivity index (χ2n) is 7.47. The maximum Gasteiger partial charge on any atom is 0.189 e. The largest absolute Gasteiger partial charge is 0.486 e. The van der Waals surface area contributed by atoms with Crippen molar-refractivity contribution in [2.75, 3.05) is 0 Å². The molecule has 0 radical (unpaired) electrons. The Bertz CT molecular complexity index is 1550. The van der Waals surface area contributed by atoms with Gasteiger partial charge in [-0.15, -0.1) is 5.10 Å². The maximum atomic E-state index is 5.95. The average molecular weight is 406 g/mol. The van der Waals surface area contributed by atoms with Crippen LogP contribution in [0.1, 0.15) is 11.4 Å². The molecule has 0 bridgehead atoms. The van der Waals surface area contributed by atoms with Crippen molar-refractivity contribution in [1.82, 2.24) is 29.4 Å². The van der Waals surface area contributed by atoms with E-state index in [2.05, 4.69) is 57.4 Å². The van der Waals surface area contributed by atoms with Gasteiger partial charge in [0, 0.05) is 0 Å². The lowest BCUT2D eigenvalue weighted by Crippen LogP contribution is -1.99. The Labute approximate surface area is 177 Å². The molecule has 6 rings (SSSR count). The number of hydrogen-bond acceptors (Lipinski definition) is 5. The van der Waals surface area contributed by atoms with Crippen molar-refractivity contribution >= 4 is 27.5 Å². The van der Waals surface area contributed by atoms with Crippen LogP contribution >= 0.6 is 0 Å². The van der Waals surface area contributed by atoms with Gasteiger partial charge < -0.3 is 4.74 Å². The van der Waals surface area contributed by atoms with Crippen LogP contribution in [0.15, 0.2) is 79.3 Å². The molecule has 0 spiro atoms. The van der Waals surface area contributed by atoms with Gasteiger partial charge in [0.05, 0.1) is 17.3 Å². The van der Waals surface area contributed by atoms with E-state index in [1.807, 2.05) is 41.1 Å². The van der Waals surface area contributed by atoms with E-state index >= 15 is 0 Å². The molecule has 0 aliphatic carbocycles. The number of aromatic nitrogens is 6. The fourth-order valence-electron chi connectivity index (χ4n) is 3.71. The predicted octanol–water partition coefficient (Wildman–Crippen LogP) is 4.50. The minimum absolute atomic E-state index is 0.271. The van der Waals surface area contributed by atoms with Crippen molar-refractivity contribution in [3.8, 4) is 11.4 Å². The standard InChI is InChI=1S/C24H18N6O/c1-16-6-9-19(10-7-16)30-23-21(13-26-30)24-27-22(28-29(24)15-25-23)14-31-20-11-8-17-4-2-3-5-18(17)12-20/h2-13,15H,14H2,1H3.